The summed E-state index contributed by atoms with van der Waals surface area (Å²) in [4.78, 5) is 24.3. The summed E-state index contributed by atoms with van der Waals surface area (Å²) in [6.07, 6.45) is 0. The lowest BCUT2D eigenvalue weighted by atomic mass is 10.1. The molecule has 3 aromatic rings. The highest BCUT2D eigenvalue weighted by Crippen LogP contribution is 2.18. The van der Waals surface area contributed by atoms with Gasteiger partial charge in [0.1, 0.15) is 30.3 Å². The van der Waals surface area contributed by atoms with E-state index in [1.807, 2.05) is 19.9 Å². The fourth-order valence-corrected chi connectivity index (χ4v) is 2.53. The molecule has 27 heavy (non-hydrogen) atoms. The number of ether oxygens (including phenoxy) is 3. The zero-order chi connectivity index (χ0) is 19.2. The first-order valence-corrected chi connectivity index (χ1v) is 8.64. The number of rotatable bonds is 7. The van der Waals surface area contributed by atoms with Gasteiger partial charge in [0.2, 0.25) is 5.76 Å². The van der Waals surface area contributed by atoms with Crippen LogP contribution in [-0.4, -0.2) is 25.8 Å². The van der Waals surface area contributed by atoms with Gasteiger partial charge >= 0.3 is 5.97 Å². The smallest absolute Gasteiger partial charge is 0.374 e. The zero-order valence-electron chi connectivity index (χ0n) is 15.2. The Kier molecular flexibility index (Phi) is 5.76. The Hall–Kier alpha value is -3.28. The molecule has 0 bridgehead atoms. The summed E-state index contributed by atoms with van der Waals surface area (Å²) in [5.74, 6) is 0.571. The first-order valence-electron chi connectivity index (χ1n) is 8.64. The minimum atomic E-state index is -0.704. The Bertz CT molecular complexity index is 988. The van der Waals surface area contributed by atoms with Crippen LogP contribution >= 0.6 is 0 Å². The molecule has 0 N–H and O–H groups in total. The minimum Gasteiger partial charge on any atom is -0.494 e. The van der Waals surface area contributed by atoms with Crippen LogP contribution in [0.1, 0.15) is 23.0 Å². The molecular weight excluding hydrogens is 348 g/mol. The van der Waals surface area contributed by atoms with Gasteiger partial charge in [0, 0.05) is 6.07 Å². The van der Waals surface area contributed by atoms with Gasteiger partial charge in [-0.3, -0.25) is 4.79 Å². The molecule has 3 rings (SSSR count). The van der Waals surface area contributed by atoms with Crippen LogP contribution in [0.15, 0.2) is 57.7 Å². The van der Waals surface area contributed by atoms with Gasteiger partial charge in [-0.05, 0) is 50.2 Å². The predicted octanol–water partition coefficient (Wildman–Crippen LogP) is 3.74. The van der Waals surface area contributed by atoms with Crippen molar-refractivity contribution in [3.63, 3.8) is 0 Å². The standard InChI is InChI=1S/C21H20O6/c1-3-24-15-5-7-16(8-6-15)25-10-11-26-21(23)20-13-18(22)17-12-14(2)4-9-19(17)27-20/h4-9,12-13H,3,10-11H2,1-2H3. The molecule has 0 unspecified atom stereocenters. The highest BCUT2D eigenvalue weighted by Gasteiger charge is 2.14. The first kappa shape index (κ1) is 18.5. The molecule has 0 saturated carbocycles. The quantitative estimate of drug-likeness (QED) is 0.467. The molecular formula is C21H20O6. The van der Waals surface area contributed by atoms with Gasteiger partial charge in [-0.25, -0.2) is 4.79 Å². The monoisotopic (exact) mass is 368 g/mol. The molecule has 0 aliphatic rings. The lowest BCUT2D eigenvalue weighted by molar-refractivity contribution is 0.0415. The van der Waals surface area contributed by atoms with Gasteiger partial charge in [0.15, 0.2) is 5.43 Å². The lowest BCUT2D eigenvalue weighted by Gasteiger charge is -2.08. The van der Waals surface area contributed by atoms with Crippen molar-refractivity contribution in [1.82, 2.24) is 0 Å². The molecule has 1 heterocycles. The highest BCUT2D eigenvalue weighted by molar-refractivity contribution is 5.89. The maximum atomic E-state index is 12.1. The van der Waals surface area contributed by atoms with Crippen molar-refractivity contribution < 1.29 is 23.4 Å². The molecule has 0 spiro atoms. The van der Waals surface area contributed by atoms with Gasteiger partial charge in [0.25, 0.3) is 0 Å². The van der Waals surface area contributed by atoms with E-state index < -0.39 is 5.97 Å². The summed E-state index contributed by atoms with van der Waals surface area (Å²) in [5.41, 5.74) is 1.01. The van der Waals surface area contributed by atoms with Gasteiger partial charge in [0.05, 0.1) is 12.0 Å². The van der Waals surface area contributed by atoms with Crippen molar-refractivity contribution in [2.45, 2.75) is 13.8 Å². The Morgan fingerprint density at radius 2 is 1.67 bits per heavy atom. The third-order valence-corrected chi connectivity index (χ3v) is 3.80. The second-order valence-corrected chi connectivity index (χ2v) is 5.86. The molecule has 6 heteroatoms. The Labute approximate surface area is 156 Å². The zero-order valence-corrected chi connectivity index (χ0v) is 15.2. The van der Waals surface area contributed by atoms with Crippen LogP contribution in [0.5, 0.6) is 11.5 Å². The summed E-state index contributed by atoms with van der Waals surface area (Å²) in [5, 5.41) is 0.436. The fraction of sp³-hybridized carbons (Fsp3) is 0.238. The van der Waals surface area contributed by atoms with Crippen molar-refractivity contribution in [3.8, 4) is 11.5 Å². The number of fused-ring (bicyclic) bond motifs is 1. The van der Waals surface area contributed by atoms with Crippen LogP contribution in [0.4, 0.5) is 0 Å². The maximum absolute atomic E-state index is 12.1. The first-order chi connectivity index (χ1) is 13.1. The Morgan fingerprint density at radius 3 is 2.37 bits per heavy atom. The van der Waals surface area contributed by atoms with E-state index in [1.165, 1.54) is 0 Å². The highest BCUT2D eigenvalue weighted by atomic mass is 16.6. The number of hydrogen-bond acceptors (Lipinski definition) is 6. The van der Waals surface area contributed by atoms with E-state index in [0.717, 1.165) is 17.4 Å². The fourth-order valence-electron chi connectivity index (χ4n) is 2.53. The van der Waals surface area contributed by atoms with Crippen LogP contribution in [-0.2, 0) is 4.74 Å². The second-order valence-electron chi connectivity index (χ2n) is 5.86. The van der Waals surface area contributed by atoms with Crippen molar-refractivity contribution in [2.24, 2.45) is 0 Å². The second kappa shape index (κ2) is 8.40. The van der Waals surface area contributed by atoms with E-state index in [2.05, 4.69) is 0 Å². The van der Waals surface area contributed by atoms with E-state index >= 15 is 0 Å². The number of benzene rings is 2. The Balaban J connectivity index is 1.55. The van der Waals surface area contributed by atoms with E-state index in [9.17, 15) is 9.59 Å². The normalized spacial score (nSPS) is 10.6. The summed E-state index contributed by atoms with van der Waals surface area (Å²) in [7, 11) is 0. The SMILES string of the molecule is CCOc1ccc(OCCOC(=O)c2cc(=O)c3cc(C)ccc3o2)cc1. The molecule has 0 fully saturated rings. The summed E-state index contributed by atoms with van der Waals surface area (Å²) < 4.78 is 21.5. The van der Waals surface area contributed by atoms with Crippen LogP contribution < -0.4 is 14.9 Å². The topological polar surface area (TPSA) is 75.0 Å². The molecule has 0 aliphatic carbocycles. The van der Waals surface area contributed by atoms with E-state index in [1.54, 1.807) is 36.4 Å². The lowest BCUT2D eigenvalue weighted by Crippen LogP contribution is -2.14. The molecule has 0 aliphatic heterocycles. The summed E-state index contributed by atoms with van der Waals surface area (Å²) in [6.45, 7) is 4.60. The maximum Gasteiger partial charge on any atom is 0.374 e. The van der Waals surface area contributed by atoms with Crippen LogP contribution in [0.25, 0.3) is 11.0 Å². The number of hydrogen-bond donors (Lipinski definition) is 0. The molecule has 1 aromatic heterocycles. The van der Waals surface area contributed by atoms with Gasteiger partial charge in [-0.1, -0.05) is 11.6 Å². The average molecular weight is 368 g/mol. The Morgan fingerprint density at radius 1 is 0.963 bits per heavy atom. The average Bonchev–Trinajstić information content (AvgIpc) is 2.67. The van der Waals surface area contributed by atoms with E-state index in [-0.39, 0.29) is 24.4 Å². The predicted molar refractivity (Wildman–Crippen MR) is 101 cm³/mol. The van der Waals surface area contributed by atoms with Crippen molar-refractivity contribution in [2.75, 3.05) is 19.8 Å². The van der Waals surface area contributed by atoms with Crippen molar-refractivity contribution in [3.05, 3.63) is 70.1 Å². The van der Waals surface area contributed by atoms with Crippen molar-refractivity contribution >= 4 is 16.9 Å². The molecule has 2 aromatic carbocycles. The number of carbonyl (C=O) groups is 1. The summed E-state index contributed by atoms with van der Waals surface area (Å²) >= 11 is 0. The minimum absolute atomic E-state index is 0.0295. The molecule has 0 amide bonds. The number of esters is 1. The van der Waals surface area contributed by atoms with Crippen LogP contribution in [0.3, 0.4) is 0 Å². The van der Waals surface area contributed by atoms with E-state index in [4.69, 9.17) is 18.6 Å². The molecule has 0 atom stereocenters. The molecule has 140 valence electrons. The van der Waals surface area contributed by atoms with Crippen molar-refractivity contribution in [1.29, 1.82) is 0 Å². The van der Waals surface area contributed by atoms with Gasteiger partial charge in [-0.15, -0.1) is 0 Å². The molecule has 6 nitrogen and oxygen atoms in total. The molecule has 0 saturated heterocycles. The van der Waals surface area contributed by atoms with Gasteiger partial charge in [-0.2, -0.15) is 0 Å². The third-order valence-electron chi connectivity index (χ3n) is 3.80. The summed E-state index contributed by atoms with van der Waals surface area (Å²) in [6, 6.07) is 13.5. The van der Waals surface area contributed by atoms with Crippen LogP contribution in [0.2, 0.25) is 0 Å². The van der Waals surface area contributed by atoms with E-state index in [0.29, 0.717) is 23.3 Å². The molecule has 0 radical (unpaired) electrons. The van der Waals surface area contributed by atoms with Crippen LogP contribution in [0, 0.1) is 6.92 Å². The third kappa shape index (κ3) is 4.67. The van der Waals surface area contributed by atoms with Gasteiger partial charge < -0.3 is 18.6 Å². The number of carbonyl (C=O) groups excluding carboxylic acids is 1. The largest absolute Gasteiger partial charge is 0.494 e. The number of aryl methyl sites for hydroxylation is 1.